The van der Waals surface area contributed by atoms with Gasteiger partial charge in [-0.05, 0) is 24.3 Å². The summed E-state index contributed by atoms with van der Waals surface area (Å²) in [6.45, 7) is 0.503. The average Bonchev–Trinajstić information content (AvgIpc) is 3.18. The highest BCUT2D eigenvalue weighted by atomic mass is 16.2. The fourth-order valence-electron chi connectivity index (χ4n) is 2.80. The van der Waals surface area contributed by atoms with Gasteiger partial charge in [-0.2, -0.15) is 9.78 Å². The van der Waals surface area contributed by atoms with E-state index in [1.54, 1.807) is 18.3 Å². The third kappa shape index (κ3) is 3.77. The zero-order valence-corrected chi connectivity index (χ0v) is 14.6. The van der Waals surface area contributed by atoms with Crippen molar-refractivity contribution in [1.82, 2.24) is 14.8 Å². The molecule has 5 heteroatoms. The van der Waals surface area contributed by atoms with E-state index in [1.165, 1.54) is 4.68 Å². The van der Waals surface area contributed by atoms with E-state index >= 15 is 0 Å². The highest BCUT2D eigenvalue weighted by Crippen LogP contribution is 2.23. The van der Waals surface area contributed by atoms with Crippen LogP contribution in [0.1, 0.15) is 16.1 Å². The topological polar surface area (TPSA) is 59.8 Å². The maximum Gasteiger partial charge on any atom is 0.280 e. The lowest BCUT2D eigenvalue weighted by molar-refractivity contribution is 0.0948. The number of benzene rings is 2. The lowest BCUT2D eigenvalue weighted by Crippen LogP contribution is -2.17. The van der Waals surface area contributed by atoms with Gasteiger partial charge in [-0.3, -0.25) is 9.78 Å². The maximum absolute atomic E-state index is 13.0. The number of carbonyl (C=O) groups is 1. The van der Waals surface area contributed by atoms with Crippen molar-refractivity contribution in [2.24, 2.45) is 0 Å². The molecule has 0 aliphatic carbocycles. The van der Waals surface area contributed by atoms with Crippen LogP contribution in [0.5, 0.6) is 0 Å². The van der Waals surface area contributed by atoms with Crippen molar-refractivity contribution in [3.63, 3.8) is 0 Å². The molecule has 1 N–H and O–H groups in total. The molecule has 2 heterocycles. The van der Waals surface area contributed by atoms with Crippen LogP contribution in [-0.4, -0.2) is 20.7 Å². The van der Waals surface area contributed by atoms with Crippen molar-refractivity contribution in [3.05, 3.63) is 102 Å². The highest BCUT2D eigenvalue weighted by molar-refractivity contribution is 5.97. The lowest BCUT2D eigenvalue weighted by atomic mass is 10.1. The Balaban J connectivity index is 1.69. The Morgan fingerprint density at radius 2 is 1.59 bits per heavy atom. The summed E-state index contributed by atoms with van der Waals surface area (Å²) in [6, 6.07) is 26.6. The zero-order valence-electron chi connectivity index (χ0n) is 14.6. The Bertz CT molecular complexity index is 1030. The smallest absolute Gasteiger partial charge is 0.280 e. The standard InChI is InChI=1S/C22H18N4O/c27-22(18-11-5-2-6-12-18)26-21(24-16-19-13-7-8-14-23-19)15-20(25-26)17-9-3-1-4-10-17/h1-15,24H,16H2. The van der Waals surface area contributed by atoms with Crippen LogP contribution in [0.15, 0.2) is 91.1 Å². The molecule has 4 rings (SSSR count). The third-order valence-electron chi connectivity index (χ3n) is 4.17. The van der Waals surface area contributed by atoms with Crippen molar-refractivity contribution in [3.8, 4) is 11.3 Å². The number of anilines is 1. The van der Waals surface area contributed by atoms with Gasteiger partial charge in [-0.25, -0.2) is 0 Å². The average molecular weight is 354 g/mol. The monoisotopic (exact) mass is 354 g/mol. The fraction of sp³-hybridized carbons (Fsp3) is 0.0455. The van der Waals surface area contributed by atoms with Crippen LogP contribution in [0.3, 0.4) is 0 Å². The molecule has 2 aromatic heterocycles. The van der Waals surface area contributed by atoms with Gasteiger partial charge >= 0.3 is 0 Å². The number of carbonyl (C=O) groups excluding carboxylic acids is 1. The third-order valence-corrected chi connectivity index (χ3v) is 4.17. The van der Waals surface area contributed by atoms with Crippen LogP contribution in [-0.2, 0) is 6.54 Å². The first-order valence-electron chi connectivity index (χ1n) is 8.70. The Morgan fingerprint density at radius 3 is 2.30 bits per heavy atom. The number of pyridine rings is 1. The van der Waals surface area contributed by atoms with Gasteiger partial charge in [0.05, 0.1) is 17.9 Å². The van der Waals surface area contributed by atoms with Gasteiger partial charge < -0.3 is 5.32 Å². The lowest BCUT2D eigenvalue weighted by Gasteiger charge is -2.08. The minimum absolute atomic E-state index is 0.179. The summed E-state index contributed by atoms with van der Waals surface area (Å²) in [4.78, 5) is 17.3. The summed E-state index contributed by atoms with van der Waals surface area (Å²) in [7, 11) is 0. The molecule has 2 aromatic carbocycles. The molecule has 0 saturated heterocycles. The van der Waals surface area contributed by atoms with Crippen LogP contribution in [0.2, 0.25) is 0 Å². The first-order chi connectivity index (χ1) is 13.3. The van der Waals surface area contributed by atoms with Gasteiger partial charge in [0.2, 0.25) is 0 Å². The summed E-state index contributed by atoms with van der Waals surface area (Å²) < 4.78 is 1.42. The Hall–Kier alpha value is -3.73. The van der Waals surface area contributed by atoms with Crippen LogP contribution in [0, 0.1) is 0 Å². The maximum atomic E-state index is 13.0. The fourth-order valence-corrected chi connectivity index (χ4v) is 2.80. The van der Waals surface area contributed by atoms with Crippen LogP contribution in [0.4, 0.5) is 5.82 Å². The molecule has 0 amide bonds. The van der Waals surface area contributed by atoms with Gasteiger partial charge in [0.15, 0.2) is 0 Å². The van der Waals surface area contributed by atoms with Crippen molar-refractivity contribution in [2.75, 3.05) is 5.32 Å². The molecule has 0 spiro atoms. The second-order valence-electron chi connectivity index (χ2n) is 6.04. The zero-order chi connectivity index (χ0) is 18.5. The first-order valence-corrected chi connectivity index (χ1v) is 8.70. The van der Waals surface area contributed by atoms with Gasteiger partial charge in [0, 0.05) is 23.4 Å². The molecule has 0 bridgehead atoms. The molecule has 4 aromatic rings. The number of hydrogen-bond donors (Lipinski definition) is 1. The first kappa shape index (κ1) is 16.7. The molecule has 5 nitrogen and oxygen atoms in total. The van der Waals surface area contributed by atoms with Gasteiger partial charge in [-0.15, -0.1) is 0 Å². The van der Waals surface area contributed by atoms with Crippen molar-refractivity contribution < 1.29 is 4.79 Å². The van der Waals surface area contributed by atoms with Crippen molar-refractivity contribution in [1.29, 1.82) is 0 Å². The van der Waals surface area contributed by atoms with Crippen LogP contribution < -0.4 is 5.32 Å². The molecule has 132 valence electrons. The molecule has 27 heavy (non-hydrogen) atoms. The second kappa shape index (κ2) is 7.66. The highest BCUT2D eigenvalue weighted by Gasteiger charge is 2.17. The van der Waals surface area contributed by atoms with E-state index in [4.69, 9.17) is 0 Å². The molecular formula is C22H18N4O. The quantitative estimate of drug-likeness (QED) is 0.582. The van der Waals surface area contributed by atoms with E-state index < -0.39 is 0 Å². The summed E-state index contributed by atoms with van der Waals surface area (Å²) in [5.41, 5.74) is 3.17. The minimum atomic E-state index is -0.179. The molecule has 0 aliphatic heterocycles. The number of hydrogen-bond acceptors (Lipinski definition) is 4. The predicted molar refractivity (Wildman–Crippen MR) is 105 cm³/mol. The van der Waals surface area contributed by atoms with E-state index in [0.717, 1.165) is 17.0 Å². The molecular weight excluding hydrogens is 336 g/mol. The van der Waals surface area contributed by atoms with E-state index in [2.05, 4.69) is 15.4 Å². The van der Waals surface area contributed by atoms with E-state index in [0.29, 0.717) is 17.9 Å². The SMILES string of the molecule is O=C(c1ccccc1)n1nc(-c2ccccc2)cc1NCc1ccccn1. The summed E-state index contributed by atoms with van der Waals surface area (Å²) in [6.07, 6.45) is 1.75. The van der Waals surface area contributed by atoms with Gasteiger partial charge in [0.1, 0.15) is 5.82 Å². The molecule has 0 aliphatic rings. The molecule has 0 unspecified atom stereocenters. The summed E-state index contributed by atoms with van der Waals surface area (Å²) in [5, 5.41) is 7.84. The number of nitrogens with zero attached hydrogens (tertiary/aromatic N) is 3. The number of rotatable bonds is 5. The van der Waals surface area contributed by atoms with Crippen LogP contribution >= 0.6 is 0 Å². The Labute approximate surface area is 157 Å². The Kier molecular flexibility index (Phi) is 4.74. The minimum Gasteiger partial charge on any atom is -0.364 e. The summed E-state index contributed by atoms with van der Waals surface area (Å²) in [5.74, 6) is 0.453. The molecule has 0 fully saturated rings. The predicted octanol–water partition coefficient (Wildman–Crippen LogP) is 4.25. The van der Waals surface area contributed by atoms with Gasteiger partial charge in [0.25, 0.3) is 5.91 Å². The number of aromatic nitrogens is 3. The molecule has 0 atom stereocenters. The molecule has 0 saturated carbocycles. The Morgan fingerprint density at radius 1 is 0.889 bits per heavy atom. The molecule has 0 radical (unpaired) electrons. The normalized spacial score (nSPS) is 10.5. The van der Waals surface area contributed by atoms with E-state index in [-0.39, 0.29) is 5.91 Å². The number of nitrogens with one attached hydrogen (secondary N) is 1. The van der Waals surface area contributed by atoms with Gasteiger partial charge in [-0.1, -0.05) is 54.6 Å². The second-order valence-corrected chi connectivity index (χ2v) is 6.04. The van der Waals surface area contributed by atoms with Crippen LogP contribution in [0.25, 0.3) is 11.3 Å². The largest absolute Gasteiger partial charge is 0.364 e. The van der Waals surface area contributed by atoms with E-state index in [9.17, 15) is 4.79 Å². The van der Waals surface area contributed by atoms with Crippen molar-refractivity contribution in [2.45, 2.75) is 6.54 Å². The summed E-state index contributed by atoms with van der Waals surface area (Å²) >= 11 is 0. The van der Waals surface area contributed by atoms with E-state index in [1.807, 2.05) is 72.8 Å². The van der Waals surface area contributed by atoms with Crippen molar-refractivity contribution >= 4 is 11.7 Å².